The summed E-state index contributed by atoms with van der Waals surface area (Å²) in [7, 11) is 1.59. The maximum absolute atomic E-state index is 12.6. The zero-order valence-corrected chi connectivity index (χ0v) is 27.2. The lowest BCUT2D eigenvalue weighted by atomic mass is 10.0. The highest BCUT2D eigenvalue weighted by Gasteiger charge is 2.28. The van der Waals surface area contributed by atoms with Crippen molar-refractivity contribution >= 4 is 13.7 Å². The van der Waals surface area contributed by atoms with Crippen LogP contribution in [-0.4, -0.2) is 73.4 Å². The normalized spacial score (nSPS) is 15.5. The zero-order valence-electron chi connectivity index (χ0n) is 26.3. The van der Waals surface area contributed by atoms with E-state index in [0.717, 1.165) is 83.5 Å². The number of unbranched alkanes of at least 4 members (excludes halogenated alkanes) is 10. The van der Waals surface area contributed by atoms with Crippen LogP contribution in [0, 0.1) is 0 Å². The molecule has 0 bridgehead atoms. The molecule has 0 aliphatic carbocycles. The molecule has 0 radical (unpaired) electrons. The van der Waals surface area contributed by atoms with Gasteiger partial charge in [-0.1, -0.05) is 95.9 Å². The number of nitrogens with one attached hydrogen (secondary N) is 1. The fraction of sp³-hybridized carbons (Fsp3) is 0.839. The maximum Gasteiger partial charge on any atom is 0.472 e. The maximum atomic E-state index is 12.6. The van der Waals surface area contributed by atoms with Gasteiger partial charge in [-0.05, 0) is 38.5 Å². The van der Waals surface area contributed by atoms with Crippen molar-refractivity contribution in [3.8, 4) is 0 Å². The summed E-state index contributed by atoms with van der Waals surface area (Å²) >= 11 is 0. The molecule has 3 unspecified atom stereocenters. The molecule has 3 atom stereocenters. The molecular weight excluding hydrogens is 527 g/mol. The average molecular weight is 590 g/mol. The van der Waals surface area contributed by atoms with Gasteiger partial charge >= 0.3 is 7.82 Å². The molecule has 236 valence electrons. The molecule has 0 aliphatic rings. The Morgan fingerprint density at radius 1 is 0.850 bits per heavy atom. The SMILES string of the molecule is CCC/C=C\C/C=C\CCCCCCCC(=O)NC(COP(=O)(O)OCC[N+](C)(C)C)C(O)CCCCCCC. The smallest absolute Gasteiger partial charge is 0.391 e. The van der Waals surface area contributed by atoms with E-state index in [1.165, 1.54) is 6.42 Å². The number of allylic oxidation sites excluding steroid dienone is 4. The molecule has 9 heteroatoms. The standard InChI is InChI=1S/C31H61N2O6P/c1-6-8-10-12-13-14-15-16-17-18-19-21-23-25-31(35)32-29(30(34)24-22-20-11-9-7-2)28-39-40(36,37)38-27-26-33(3,4)5/h10,12,14-15,29-30,34H,6-9,11,13,16-28H2,1-5H3,(H-,32,35,36,37)/p+1/b12-10-,15-14-. The van der Waals surface area contributed by atoms with E-state index in [-0.39, 0.29) is 19.1 Å². The van der Waals surface area contributed by atoms with Crippen LogP contribution in [0.4, 0.5) is 0 Å². The van der Waals surface area contributed by atoms with Crippen LogP contribution in [0.1, 0.15) is 117 Å². The lowest BCUT2D eigenvalue weighted by molar-refractivity contribution is -0.870. The second kappa shape index (κ2) is 24.6. The highest BCUT2D eigenvalue weighted by atomic mass is 31.2. The second-order valence-electron chi connectivity index (χ2n) is 11.8. The monoisotopic (exact) mass is 589 g/mol. The van der Waals surface area contributed by atoms with Gasteiger partial charge in [0.05, 0.1) is 39.9 Å². The number of amides is 1. The number of nitrogens with zero attached hydrogens (tertiary/aromatic N) is 1. The number of phosphoric acid groups is 1. The molecule has 0 saturated carbocycles. The quantitative estimate of drug-likeness (QED) is 0.0410. The van der Waals surface area contributed by atoms with Crippen LogP contribution in [0.15, 0.2) is 24.3 Å². The molecule has 8 nitrogen and oxygen atoms in total. The second-order valence-corrected chi connectivity index (χ2v) is 13.3. The van der Waals surface area contributed by atoms with Gasteiger partial charge in [-0.3, -0.25) is 13.8 Å². The number of aliphatic hydroxyl groups excluding tert-OH is 1. The Kier molecular flexibility index (Phi) is 23.9. The van der Waals surface area contributed by atoms with Crippen LogP contribution in [0.2, 0.25) is 0 Å². The summed E-state index contributed by atoms with van der Waals surface area (Å²) in [5.74, 6) is -0.170. The van der Waals surface area contributed by atoms with E-state index in [1.54, 1.807) is 0 Å². The third kappa shape index (κ3) is 25.9. The van der Waals surface area contributed by atoms with Crippen LogP contribution in [0.3, 0.4) is 0 Å². The topological polar surface area (TPSA) is 105 Å². The lowest BCUT2D eigenvalue weighted by Crippen LogP contribution is -2.46. The van der Waals surface area contributed by atoms with E-state index in [0.29, 0.717) is 23.9 Å². The van der Waals surface area contributed by atoms with E-state index in [4.69, 9.17) is 9.05 Å². The summed E-state index contributed by atoms with van der Waals surface area (Å²) in [6.07, 6.45) is 23.8. The Balaban J connectivity index is 4.47. The third-order valence-corrected chi connectivity index (χ3v) is 7.67. The highest BCUT2D eigenvalue weighted by Crippen LogP contribution is 2.43. The molecule has 0 heterocycles. The fourth-order valence-electron chi connectivity index (χ4n) is 4.08. The summed E-state index contributed by atoms with van der Waals surface area (Å²) in [4.78, 5) is 22.7. The number of carbonyl (C=O) groups excluding carboxylic acids is 1. The number of likely N-dealkylation sites (N-methyl/N-ethyl adjacent to an activating group) is 1. The van der Waals surface area contributed by atoms with Crippen LogP contribution in [-0.2, 0) is 18.4 Å². The van der Waals surface area contributed by atoms with E-state index in [9.17, 15) is 19.4 Å². The van der Waals surface area contributed by atoms with Crippen LogP contribution in [0.5, 0.6) is 0 Å². The largest absolute Gasteiger partial charge is 0.472 e. The van der Waals surface area contributed by atoms with Gasteiger partial charge in [0.1, 0.15) is 13.2 Å². The number of rotatable bonds is 27. The van der Waals surface area contributed by atoms with E-state index < -0.39 is 20.0 Å². The molecule has 0 spiro atoms. The van der Waals surface area contributed by atoms with Crippen LogP contribution >= 0.6 is 7.82 Å². The van der Waals surface area contributed by atoms with E-state index >= 15 is 0 Å². The van der Waals surface area contributed by atoms with Gasteiger partial charge in [0.2, 0.25) is 5.91 Å². The number of aliphatic hydroxyl groups is 1. The number of phosphoric ester groups is 1. The van der Waals surface area contributed by atoms with Gasteiger partial charge in [-0.15, -0.1) is 0 Å². The van der Waals surface area contributed by atoms with Crippen molar-refractivity contribution in [3.05, 3.63) is 24.3 Å². The van der Waals surface area contributed by atoms with Crippen LogP contribution < -0.4 is 5.32 Å². The predicted molar refractivity (Wildman–Crippen MR) is 166 cm³/mol. The first kappa shape index (κ1) is 39.0. The Morgan fingerprint density at radius 3 is 2.15 bits per heavy atom. The molecule has 3 N–H and O–H groups in total. The number of hydrogen-bond acceptors (Lipinski definition) is 5. The minimum Gasteiger partial charge on any atom is -0.391 e. The van der Waals surface area contributed by atoms with Crippen molar-refractivity contribution in [2.45, 2.75) is 129 Å². The van der Waals surface area contributed by atoms with Gasteiger partial charge in [-0.25, -0.2) is 4.57 Å². The minimum absolute atomic E-state index is 0.0704. The highest BCUT2D eigenvalue weighted by molar-refractivity contribution is 7.47. The molecule has 1 amide bonds. The fourth-order valence-corrected chi connectivity index (χ4v) is 4.82. The Morgan fingerprint density at radius 2 is 1.48 bits per heavy atom. The first-order valence-corrected chi connectivity index (χ1v) is 17.2. The van der Waals surface area contributed by atoms with Gasteiger partial charge in [0.15, 0.2) is 0 Å². The third-order valence-electron chi connectivity index (χ3n) is 6.68. The summed E-state index contributed by atoms with van der Waals surface area (Å²) in [5.41, 5.74) is 0. The predicted octanol–water partition coefficient (Wildman–Crippen LogP) is 7.07. The summed E-state index contributed by atoms with van der Waals surface area (Å²) in [6, 6.07) is -0.759. The first-order valence-electron chi connectivity index (χ1n) is 15.7. The Bertz CT molecular complexity index is 723. The molecule has 0 aromatic heterocycles. The number of carbonyl (C=O) groups is 1. The molecular formula is C31H62N2O6P+. The molecule has 0 aromatic rings. The summed E-state index contributed by atoms with van der Waals surface area (Å²) in [5, 5.41) is 13.6. The lowest BCUT2D eigenvalue weighted by Gasteiger charge is -2.26. The summed E-state index contributed by atoms with van der Waals surface area (Å²) < 4.78 is 23.2. The van der Waals surface area contributed by atoms with Crippen molar-refractivity contribution in [1.29, 1.82) is 0 Å². The molecule has 0 fully saturated rings. The number of quaternary nitrogens is 1. The minimum atomic E-state index is -4.29. The van der Waals surface area contributed by atoms with E-state index in [2.05, 4.69) is 43.5 Å². The number of hydrogen-bond donors (Lipinski definition) is 3. The Labute approximate surface area is 245 Å². The van der Waals surface area contributed by atoms with Crippen molar-refractivity contribution in [2.75, 3.05) is 40.9 Å². The van der Waals surface area contributed by atoms with E-state index in [1.807, 2.05) is 21.1 Å². The van der Waals surface area contributed by atoms with Gasteiger partial charge < -0.3 is 19.8 Å². The van der Waals surface area contributed by atoms with Gasteiger partial charge in [0, 0.05) is 6.42 Å². The van der Waals surface area contributed by atoms with Crippen molar-refractivity contribution < 1.29 is 32.9 Å². The average Bonchev–Trinajstić information content (AvgIpc) is 2.88. The van der Waals surface area contributed by atoms with Gasteiger partial charge in [0.25, 0.3) is 0 Å². The van der Waals surface area contributed by atoms with Crippen molar-refractivity contribution in [2.24, 2.45) is 0 Å². The first-order chi connectivity index (χ1) is 19.0. The molecule has 0 saturated heterocycles. The molecule has 0 aliphatic heterocycles. The summed E-state index contributed by atoms with van der Waals surface area (Å²) in [6.45, 7) is 4.68. The Hall–Kier alpha value is -1.02. The molecule has 40 heavy (non-hydrogen) atoms. The van der Waals surface area contributed by atoms with Crippen LogP contribution in [0.25, 0.3) is 0 Å². The molecule has 0 rings (SSSR count). The molecule has 0 aromatic carbocycles. The van der Waals surface area contributed by atoms with Crippen molar-refractivity contribution in [1.82, 2.24) is 5.32 Å². The zero-order chi connectivity index (χ0) is 30.1. The van der Waals surface area contributed by atoms with Crippen molar-refractivity contribution in [3.63, 3.8) is 0 Å². The van der Waals surface area contributed by atoms with Gasteiger partial charge in [-0.2, -0.15) is 0 Å².